The topological polar surface area (TPSA) is 118 Å². The van der Waals surface area contributed by atoms with Gasteiger partial charge in [-0.1, -0.05) is 0 Å². The van der Waals surface area contributed by atoms with E-state index in [1.807, 2.05) is 11.8 Å². The van der Waals surface area contributed by atoms with Crippen molar-refractivity contribution < 1.29 is 4.79 Å². The summed E-state index contributed by atoms with van der Waals surface area (Å²) < 4.78 is 0. The first kappa shape index (κ1) is 13.4. The molecule has 0 spiro atoms. The van der Waals surface area contributed by atoms with E-state index in [4.69, 9.17) is 11.5 Å². The van der Waals surface area contributed by atoms with Crippen molar-refractivity contribution in [2.24, 2.45) is 11.1 Å². The normalized spacial score (nSPS) is 21.9. The highest BCUT2D eigenvalue weighted by molar-refractivity contribution is 5.83. The van der Waals surface area contributed by atoms with Gasteiger partial charge in [-0.15, -0.1) is 0 Å². The molecule has 1 saturated heterocycles. The van der Waals surface area contributed by atoms with Crippen LogP contribution in [0.3, 0.4) is 0 Å². The number of nitrogens with one attached hydrogen (secondary N) is 1. The Morgan fingerprint density at radius 2 is 2.24 bits per heavy atom. The van der Waals surface area contributed by atoms with E-state index in [1.165, 1.54) is 0 Å². The average Bonchev–Trinajstić information content (AvgIpc) is 2.83. The molecule has 2 heterocycles. The molecule has 7 heteroatoms. The molecule has 7 nitrogen and oxygen atoms in total. The molecule has 1 aliphatic heterocycles. The van der Waals surface area contributed by atoms with Crippen LogP contribution in [0.2, 0.25) is 0 Å². The highest BCUT2D eigenvalue weighted by atomic mass is 16.1. The Hall–Kier alpha value is -2.57. The highest BCUT2D eigenvalue weighted by Gasteiger charge is 2.39. The Labute approximate surface area is 120 Å². The van der Waals surface area contributed by atoms with Gasteiger partial charge >= 0.3 is 0 Å². The summed E-state index contributed by atoms with van der Waals surface area (Å²) >= 11 is 0. The lowest BCUT2D eigenvalue weighted by atomic mass is 9.89. The molecule has 1 atom stereocenters. The van der Waals surface area contributed by atoms with Gasteiger partial charge in [-0.25, -0.2) is 4.98 Å². The summed E-state index contributed by atoms with van der Waals surface area (Å²) in [6.45, 7) is 2.91. The van der Waals surface area contributed by atoms with Crippen LogP contribution in [0.1, 0.15) is 13.3 Å². The van der Waals surface area contributed by atoms with Crippen molar-refractivity contribution in [3.05, 3.63) is 28.6 Å². The van der Waals surface area contributed by atoms with Crippen LogP contribution in [0.25, 0.3) is 10.9 Å². The molecular weight excluding hydrogens is 270 g/mol. The van der Waals surface area contributed by atoms with Crippen molar-refractivity contribution in [3.63, 3.8) is 0 Å². The van der Waals surface area contributed by atoms with Gasteiger partial charge < -0.3 is 16.4 Å². The number of carbonyl (C=O) groups is 1. The van der Waals surface area contributed by atoms with E-state index in [9.17, 15) is 9.59 Å². The Balaban J connectivity index is 2.01. The van der Waals surface area contributed by atoms with Crippen LogP contribution in [0.15, 0.2) is 23.0 Å². The number of carbonyl (C=O) groups excluding carboxylic acids is 1. The van der Waals surface area contributed by atoms with Gasteiger partial charge in [0.25, 0.3) is 5.56 Å². The largest absolute Gasteiger partial charge is 0.399 e. The van der Waals surface area contributed by atoms with Crippen molar-refractivity contribution in [2.45, 2.75) is 13.3 Å². The third-order valence-electron chi connectivity index (χ3n) is 4.08. The lowest BCUT2D eigenvalue weighted by Gasteiger charge is -2.21. The zero-order valence-corrected chi connectivity index (χ0v) is 11.7. The second-order valence-electron chi connectivity index (χ2n) is 5.76. The zero-order chi connectivity index (χ0) is 15.2. The zero-order valence-electron chi connectivity index (χ0n) is 11.7. The lowest BCUT2D eigenvalue weighted by Crippen LogP contribution is -2.37. The minimum atomic E-state index is -0.589. The number of anilines is 2. The van der Waals surface area contributed by atoms with Crippen molar-refractivity contribution >= 4 is 28.4 Å². The minimum Gasteiger partial charge on any atom is -0.399 e. The maximum absolute atomic E-state index is 12.1. The van der Waals surface area contributed by atoms with Gasteiger partial charge in [0.15, 0.2) is 0 Å². The van der Waals surface area contributed by atoms with E-state index in [0.717, 1.165) is 0 Å². The number of aromatic amines is 1. The van der Waals surface area contributed by atoms with E-state index in [1.54, 1.807) is 18.2 Å². The molecule has 1 aliphatic rings. The monoisotopic (exact) mass is 287 g/mol. The number of fused-ring (bicyclic) bond motifs is 1. The number of nitrogen functional groups attached to an aromatic ring is 1. The fraction of sp³-hybridized carbons (Fsp3) is 0.357. The van der Waals surface area contributed by atoms with Crippen molar-refractivity contribution in [3.8, 4) is 0 Å². The van der Waals surface area contributed by atoms with Crippen LogP contribution >= 0.6 is 0 Å². The van der Waals surface area contributed by atoms with Crippen molar-refractivity contribution in [1.82, 2.24) is 9.97 Å². The van der Waals surface area contributed by atoms with Crippen LogP contribution in [0.5, 0.6) is 0 Å². The molecule has 1 unspecified atom stereocenters. The summed E-state index contributed by atoms with van der Waals surface area (Å²) in [5.41, 5.74) is 11.4. The molecule has 2 aromatic rings. The molecule has 0 saturated carbocycles. The average molecular weight is 287 g/mol. The number of nitrogens with two attached hydrogens (primary N) is 2. The first-order valence-electron chi connectivity index (χ1n) is 6.73. The number of nitrogens with zero attached hydrogens (tertiary/aromatic N) is 2. The van der Waals surface area contributed by atoms with E-state index >= 15 is 0 Å². The first-order chi connectivity index (χ1) is 9.89. The molecule has 1 aromatic heterocycles. The molecule has 0 radical (unpaired) electrons. The number of rotatable bonds is 2. The van der Waals surface area contributed by atoms with Crippen LogP contribution in [0, 0.1) is 5.41 Å². The van der Waals surface area contributed by atoms with Crippen LogP contribution in [-0.4, -0.2) is 29.0 Å². The third-order valence-corrected chi connectivity index (χ3v) is 4.08. The number of aromatic nitrogens is 2. The SMILES string of the molecule is CC1(C(N)=O)CCN(c2nc3ccc(N)cc3c(=O)[nH]2)C1. The molecule has 0 bridgehead atoms. The molecule has 1 amide bonds. The molecule has 21 heavy (non-hydrogen) atoms. The Bertz CT molecular complexity index is 785. The van der Waals surface area contributed by atoms with E-state index in [-0.39, 0.29) is 11.5 Å². The minimum absolute atomic E-state index is 0.241. The van der Waals surface area contributed by atoms with Crippen molar-refractivity contribution in [1.29, 1.82) is 0 Å². The number of hydrogen-bond donors (Lipinski definition) is 3. The molecule has 0 aliphatic carbocycles. The maximum atomic E-state index is 12.1. The van der Waals surface area contributed by atoms with Gasteiger partial charge in [0.2, 0.25) is 11.9 Å². The number of amides is 1. The molecule has 1 fully saturated rings. The number of H-pyrrole nitrogens is 1. The fourth-order valence-corrected chi connectivity index (χ4v) is 2.64. The highest BCUT2D eigenvalue weighted by Crippen LogP contribution is 2.31. The van der Waals surface area contributed by atoms with E-state index < -0.39 is 5.41 Å². The molecule has 110 valence electrons. The van der Waals surface area contributed by atoms with Gasteiger partial charge in [0, 0.05) is 18.8 Å². The quantitative estimate of drug-likeness (QED) is 0.682. The Morgan fingerprint density at radius 3 is 2.90 bits per heavy atom. The Kier molecular flexibility index (Phi) is 2.86. The number of primary amides is 1. The maximum Gasteiger partial charge on any atom is 0.260 e. The van der Waals surface area contributed by atoms with Crippen LogP contribution in [0.4, 0.5) is 11.6 Å². The van der Waals surface area contributed by atoms with Gasteiger partial charge in [-0.2, -0.15) is 0 Å². The summed E-state index contributed by atoms with van der Waals surface area (Å²) in [6.07, 6.45) is 0.645. The van der Waals surface area contributed by atoms with Crippen LogP contribution in [-0.2, 0) is 4.79 Å². The predicted octanol–water partition coefficient (Wildman–Crippen LogP) is 0.207. The van der Waals surface area contributed by atoms with Gasteiger partial charge in [0.1, 0.15) is 0 Å². The van der Waals surface area contributed by atoms with Crippen molar-refractivity contribution in [2.75, 3.05) is 23.7 Å². The van der Waals surface area contributed by atoms with Crippen LogP contribution < -0.4 is 21.9 Å². The standard InChI is InChI=1S/C14H17N5O2/c1-14(12(16)21)4-5-19(7-14)13-17-10-3-2-8(15)6-9(10)11(20)18-13/h2-3,6H,4-5,7,15H2,1H3,(H2,16,21)(H,17,18,20). The first-order valence-corrected chi connectivity index (χ1v) is 6.73. The van der Waals surface area contributed by atoms with E-state index in [2.05, 4.69) is 9.97 Å². The second-order valence-corrected chi connectivity index (χ2v) is 5.76. The summed E-state index contributed by atoms with van der Waals surface area (Å²) in [5, 5.41) is 0.454. The summed E-state index contributed by atoms with van der Waals surface area (Å²) in [7, 11) is 0. The fourth-order valence-electron chi connectivity index (χ4n) is 2.64. The predicted molar refractivity (Wildman–Crippen MR) is 80.9 cm³/mol. The van der Waals surface area contributed by atoms with Gasteiger partial charge in [-0.05, 0) is 31.5 Å². The Morgan fingerprint density at radius 1 is 1.48 bits per heavy atom. The number of benzene rings is 1. The summed E-state index contributed by atoms with van der Waals surface area (Å²) in [5.74, 6) is 0.128. The van der Waals surface area contributed by atoms with Gasteiger partial charge in [-0.3, -0.25) is 14.6 Å². The third kappa shape index (κ3) is 2.20. The lowest BCUT2D eigenvalue weighted by molar-refractivity contribution is -0.125. The van der Waals surface area contributed by atoms with Gasteiger partial charge in [0.05, 0.1) is 16.3 Å². The molecule has 5 N–H and O–H groups in total. The molecule has 1 aromatic carbocycles. The second kappa shape index (κ2) is 4.47. The summed E-state index contributed by atoms with van der Waals surface area (Å²) in [6, 6.07) is 5.02. The smallest absolute Gasteiger partial charge is 0.260 e. The van der Waals surface area contributed by atoms with E-state index in [0.29, 0.717) is 42.0 Å². The number of hydrogen-bond acceptors (Lipinski definition) is 5. The molecule has 3 rings (SSSR count). The molecular formula is C14H17N5O2. The summed E-state index contributed by atoms with van der Waals surface area (Å²) in [4.78, 5) is 32.7.